The Hall–Kier alpha value is -1.01. The van der Waals surface area contributed by atoms with Crippen LogP contribution in [0.3, 0.4) is 0 Å². The van der Waals surface area contributed by atoms with Crippen LogP contribution in [0.4, 0.5) is 4.79 Å². The number of hydrogen-bond acceptors (Lipinski definition) is 9. The molecule has 0 aliphatic heterocycles. The van der Waals surface area contributed by atoms with Crippen LogP contribution in [0.5, 0.6) is 0 Å². The van der Waals surface area contributed by atoms with Crippen LogP contribution in [0.25, 0.3) is 0 Å². The summed E-state index contributed by atoms with van der Waals surface area (Å²) in [5, 5.41) is 1.05. The van der Waals surface area contributed by atoms with Crippen molar-refractivity contribution in [1.82, 2.24) is 5.01 Å². The van der Waals surface area contributed by atoms with E-state index in [1.807, 2.05) is 20.8 Å². The largest absolute Gasteiger partial charge is 0.446 e. The minimum atomic E-state index is -0.577. The summed E-state index contributed by atoms with van der Waals surface area (Å²) in [5.41, 5.74) is 4.81. The Labute approximate surface area is 162 Å². The SMILES string of the molecule is CC(C)(C)N(N)C(=O)OCCOCCOCCOCCOCCOCCN. The maximum atomic E-state index is 11.6. The van der Waals surface area contributed by atoms with E-state index in [0.29, 0.717) is 66.0 Å². The second kappa shape index (κ2) is 17.1. The molecule has 162 valence electrons. The number of carbonyl (C=O) groups is 1. The first kappa shape index (κ1) is 26.0. The summed E-state index contributed by atoms with van der Waals surface area (Å²) in [6.07, 6.45) is -0.577. The molecule has 0 radical (unpaired) electrons. The fourth-order valence-electron chi connectivity index (χ4n) is 1.60. The average Bonchev–Trinajstić information content (AvgIpc) is 2.62. The third-order valence-corrected chi connectivity index (χ3v) is 3.12. The molecule has 0 bridgehead atoms. The lowest BCUT2D eigenvalue weighted by atomic mass is 10.1. The minimum absolute atomic E-state index is 0.142. The Morgan fingerprint density at radius 3 is 1.37 bits per heavy atom. The van der Waals surface area contributed by atoms with Gasteiger partial charge in [0.2, 0.25) is 0 Å². The number of rotatable bonds is 17. The molecule has 0 rings (SSSR count). The molecule has 0 fully saturated rings. The molecule has 0 heterocycles. The third kappa shape index (κ3) is 16.9. The molecular formula is C17H37N3O7. The Morgan fingerprint density at radius 1 is 0.704 bits per heavy atom. The Bertz CT molecular complexity index is 354. The standard InChI is InChI=1S/C17H37N3O7/c1-17(2,3)20(19)16(21)27-15-14-26-13-12-25-11-10-24-9-8-23-7-6-22-5-4-18/h4-15,18-19H2,1-3H3. The molecule has 0 aliphatic carbocycles. The first-order chi connectivity index (χ1) is 12.9. The normalized spacial score (nSPS) is 11.6. The molecule has 0 saturated carbocycles. The molecule has 0 aromatic rings. The lowest BCUT2D eigenvalue weighted by Gasteiger charge is -2.29. The van der Waals surface area contributed by atoms with Crippen LogP contribution < -0.4 is 11.6 Å². The number of ether oxygens (including phenoxy) is 6. The van der Waals surface area contributed by atoms with Gasteiger partial charge in [0, 0.05) is 6.54 Å². The van der Waals surface area contributed by atoms with E-state index < -0.39 is 11.6 Å². The van der Waals surface area contributed by atoms with Crippen LogP contribution in [0, 0.1) is 0 Å². The molecule has 0 aromatic heterocycles. The summed E-state index contributed by atoms with van der Waals surface area (Å²) in [4.78, 5) is 11.6. The van der Waals surface area contributed by atoms with Crippen LogP contribution in [-0.2, 0) is 28.4 Å². The number of nitrogens with zero attached hydrogens (tertiary/aromatic N) is 1. The summed E-state index contributed by atoms with van der Waals surface area (Å²) in [7, 11) is 0. The average molecular weight is 395 g/mol. The van der Waals surface area contributed by atoms with Crippen molar-refractivity contribution in [1.29, 1.82) is 0 Å². The summed E-state index contributed by atoms with van der Waals surface area (Å²) < 4.78 is 31.5. The van der Waals surface area contributed by atoms with Crippen molar-refractivity contribution in [3.8, 4) is 0 Å². The molecule has 10 nitrogen and oxygen atoms in total. The van der Waals surface area contributed by atoms with Gasteiger partial charge in [0.05, 0.1) is 71.6 Å². The topological polar surface area (TPSA) is 128 Å². The molecule has 10 heteroatoms. The number of amides is 1. The van der Waals surface area contributed by atoms with Gasteiger partial charge in [-0.2, -0.15) is 0 Å². The molecule has 0 aromatic carbocycles. The highest BCUT2D eigenvalue weighted by atomic mass is 16.6. The molecule has 1 amide bonds. The summed E-state index contributed by atoms with van der Waals surface area (Å²) in [5.74, 6) is 5.63. The van der Waals surface area contributed by atoms with Crippen LogP contribution in [0.2, 0.25) is 0 Å². The molecule has 4 N–H and O–H groups in total. The molecule has 0 saturated heterocycles. The molecular weight excluding hydrogens is 358 g/mol. The number of nitrogens with two attached hydrogens (primary N) is 2. The van der Waals surface area contributed by atoms with Crippen molar-refractivity contribution >= 4 is 6.09 Å². The molecule has 27 heavy (non-hydrogen) atoms. The third-order valence-electron chi connectivity index (χ3n) is 3.12. The summed E-state index contributed by atoms with van der Waals surface area (Å²) in [6.45, 7) is 10.9. The van der Waals surface area contributed by atoms with Gasteiger partial charge in [-0.25, -0.2) is 15.6 Å². The monoisotopic (exact) mass is 395 g/mol. The van der Waals surface area contributed by atoms with Crippen molar-refractivity contribution in [2.24, 2.45) is 11.6 Å². The quantitative estimate of drug-likeness (QED) is 0.153. The summed E-state index contributed by atoms with van der Waals surface area (Å²) >= 11 is 0. The van der Waals surface area contributed by atoms with E-state index in [2.05, 4.69) is 0 Å². The van der Waals surface area contributed by atoms with Gasteiger partial charge in [0.15, 0.2) is 0 Å². The fraction of sp³-hybridized carbons (Fsp3) is 0.941. The minimum Gasteiger partial charge on any atom is -0.446 e. The van der Waals surface area contributed by atoms with Gasteiger partial charge in [-0.3, -0.25) is 0 Å². The van der Waals surface area contributed by atoms with E-state index in [1.165, 1.54) is 0 Å². The molecule has 0 aliphatic rings. The van der Waals surface area contributed by atoms with E-state index in [-0.39, 0.29) is 13.2 Å². The first-order valence-corrected chi connectivity index (χ1v) is 9.20. The Balaban J connectivity index is 3.22. The van der Waals surface area contributed by atoms with Crippen LogP contribution in [-0.4, -0.2) is 95.9 Å². The van der Waals surface area contributed by atoms with Gasteiger partial charge in [-0.1, -0.05) is 0 Å². The molecule has 0 atom stereocenters. The van der Waals surface area contributed by atoms with Gasteiger partial charge in [0.1, 0.15) is 6.61 Å². The van der Waals surface area contributed by atoms with Crippen molar-refractivity contribution in [2.75, 3.05) is 79.2 Å². The highest BCUT2D eigenvalue weighted by molar-refractivity contribution is 5.67. The lowest BCUT2D eigenvalue weighted by Crippen LogP contribution is -2.50. The van der Waals surface area contributed by atoms with Gasteiger partial charge in [0.25, 0.3) is 0 Å². The summed E-state index contributed by atoms with van der Waals surface area (Å²) in [6, 6.07) is 0. The van der Waals surface area contributed by atoms with Crippen LogP contribution in [0.15, 0.2) is 0 Å². The zero-order valence-corrected chi connectivity index (χ0v) is 16.9. The second-order valence-corrected chi connectivity index (χ2v) is 6.51. The second-order valence-electron chi connectivity index (χ2n) is 6.51. The van der Waals surface area contributed by atoms with Gasteiger partial charge < -0.3 is 34.2 Å². The van der Waals surface area contributed by atoms with Crippen molar-refractivity contribution in [2.45, 2.75) is 26.3 Å². The van der Waals surface area contributed by atoms with E-state index in [4.69, 9.17) is 40.0 Å². The van der Waals surface area contributed by atoms with Crippen molar-refractivity contribution in [3.05, 3.63) is 0 Å². The molecule has 0 spiro atoms. The Kier molecular flexibility index (Phi) is 16.5. The van der Waals surface area contributed by atoms with Crippen molar-refractivity contribution in [3.63, 3.8) is 0 Å². The zero-order chi connectivity index (χ0) is 20.4. The van der Waals surface area contributed by atoms with E-state index in [0.717, 1.165) is 5.01 Å². The van der Waals surface area contributed by atoms with Crippen LogP contribution in [0.1, 0.15) is 20.8 Å². The van der Waals surface area contributed by atoms with Crippen LogP contribution >= 0.6 is 0 Å². The van der Waals surface area contributed by atoms with E-state index in [1.54, 1.807) is 0 Å². The smallest absolute Gasteiger partial charge is 0.424 e. The highest BCUT2D eigenvalue weighted by Gasteiger charge is 2.24. The van der Waals surface area contributed by atoms with Gasteiger partial charge >= 0.3 is 6.09 Å². The highest BCUT2D eigenvalue weighted by Crippen LogP contribution is 2.09. The van der Waals surface area contributed by atoms with Gasteiger partial charge in [-0.15, -0.1) is 0 Å². The zero-order valence-electron chi connectivity index (χ0n) is 16.9. The number of hydrogen-bond donors (Lipinski definition) is 2. The predicted molar refractivity (Wildman–Crippen MR) is 100 cm³/mol. The number of hydrazine groups is 1. The predicted octanol–water partition coefficient (Wildman–Crippen LogP) is 0.139. The van der Waals surface area contributed by atoms with Crippen molar-refractivity contribution < 1.29 is 33.2 Å². The molecule has 0 unspecified atom stereocenters. The maximum absolute atomic E-state index is 11.6. The van der Waals surface area contributed by atoms with E-state index in [9.17, 15) is 4.79 Å². The Morgan fingerprint density at radius 2 is 1.04 bits per heavy atom. The first-order valence-electron chi connectivity index (χ1n) is 9.20. The number of carbonyl (C=O) groups excluding carboxylic acids is 1. The van der Waals surface area contributed by atoms with Gasteiger partial charge in [-0.05, 0) is 20.8 Å². The van der Waals surface area contributed by atoms with E-state index >= 15 is 0 Å². The maximum Gasteiger partial charge on any atom is 0.424 e. The fourth-order valence-corrected chi connectivity index (χ4v) is 1.60. The lowest BCUT2D eigenvalue weighted by molar-refractivity contribution is -0.0152.